The van der Waals surface area contributed by atoms with E-state index in [2.05, 4.69) is 20.4 Å². The van der Waals surface area contributed by atoms with Crippen molar-refractivity contribution >= 4 is 17.6 Å². The fourth-order valence-corrected chi connectivity index (χ4v) is 1.53. The van der Waals surface area contributed by atoms with Crippen LogP contribution >= 0.6 is 0 Å². The first-order valence-corrected chi connectivity index (χ1v) is 5.52. The minimum atomic E-state index is -0.503. The van der Waals surface area contributed by atoms with E-state index in [1.54, 1.807) is 30.5 Å². The molecule has 0 unspecified atom stereocenters. The molecule has 7 nitrogen and oxygen atoms in total. The lowest BCUT2D eigenvalue weighted by Crippen LogP contribution is -2.20. The maximum absolute atomic E-state index is 11.8. The van der Waals surface area contributed by atoms with E-state index >= 15 is 0 Å². The van der Waals surface area contributed by atoms with Gasteiger partial charge in [0, 0.05) is 6.20 Å². The number of carbonyl (C=O) groups excluding carboxylic acids is 2. The Bertz CT molecular complexity index is 580. The molecule has 7 heteroatoms. The molecule has 0 fully saturated rings. The zero-order chi connectivity index (χ0) is 13.7. The maximum atomic E-state index is 11.8. The summed E-state index contributed by atoms with van der Waals surface area (Å²) in [5, 5.41) is 9.92. The number of benzene rings is 1. The number of hydrogen-bond donors (Lipinski definition) is 1. The average molecular weight is 260 g/mol. The highest BCUT2D eigenvalue weighted by atomic mass is 16.5. The van der Waals surface area contributed by atoms with Gasteiger partial charge in [-0.1, -0.05) is 17.3 Å². The zero-order valence-electron chi connectivity index (χ0n) is 10.2. The predicted octanol–water partition coefficient (Wildman–Crippen LogP) is 0.703. The molecule has 1 aromatic heterocycles. The Morgan fingerprint density at radius 3 is 2.84 bits per heavy atom. The SMILES string of the molecule is COC(=O)c1ccccc1NC(=O)Cn1ccnn1. The summed E-state index contributed by atoms with van der Waals surface area (Å²) >= 11 is 0. The van der Waals surface area contributed by atoms with Crippen LogP contribution in [0.25, 0.3) is 0 Å². The first kappa shape index (κ1) is 12.7. The summed E-state index contributed by atoms with van der Waals surface area (Å²) < 4.78 is 6.03. The Morgan fingerprint density at radius 2 is 2.16 bits per heavy atom. The van der Waals surface area contributed by atoms with Crippen LogP contribution < -0.4 is 5.32 Å². The molecule has 0 aliphatic carbocycles. The third-order valence-corrected chi connectivity index (χ3v) is 2.38. The minimum absolute atomic E-state index is 0.0233. The van der Waals surface area contributed by atoms with Crippen LogP contribution in [-0.4, -0.2) is 34.0 Å². The molecular weight excluding hydrogens is 248 g/mol. The Hall–Kier alpha value is -2.70. The van der Waals surface area contributed by atoms with E-state index in [-0.39, 0.29) is 12.5 Å². The Balaban J connectivity index is 2.10. The summed E-state index contributed by atoms with van der Waals surface area (Å²) in [4.78, 5) is 23.3. The van der Waals surface area contributed by atoms with Crippen molar-refractivity contribution in [1.82, 2.24) is 15.0 Å². The van der Waals surface area contributed by atoms with Crippen molar-refractivity contribution in [2.24, 2.45) is 0 Å². The van der Waals surface area contributed by atoms with Gasteiger partial charge in [0.25, 0.3) is 0 Å². The normalized spacial score (nSPS) is 9.95. The summed E-state index contributed by atoms with van der Waals surface area (Å²) in [6, 6.07) is 6.62. The van der Waals surface area contributed by atoms with Crippen molar-refractivity contribution in [3.63, 3.8) is 0 Å². The molecule has 1 N–H and O–H groups in total. The number of rotatable bonds is 4. The summed E-state index contributed by atoms with van der Waals surface area (Å²) in [7, 11) is 1.29. The second-order valence-electron chi connectivity index (χ2n) is 3.69. The van der Waals surface area contributed by atoms with Crippen LogP contribution in [0, 0.1) is 0 Å². The summed E-state index contributed by atoms with van der Waals surface area (Å²) in [6.07, 6.45) is 3.06. The molecule has 0 spiro atoms. The first-order chi connectivity index (χ1) is 9.20. The van der Waals surface area contributed by atoms with Crippen LogP contribution in [0.4, 0.5) is 5.69 Å². The molecule has 98 valence electrons. The Labute approximate surface area is 109 Å². The second-order valence-corrected chi connectivity index (χ2v) is 3.69. The van der Waals surface area contributed by atoms with E-state index < -0.39 is 5.97 Å². The van der Waals surface area contributed by atoms with Gasteiger partial charge < -0.3 is 10.1 Å². The van der Waals surface area contributed by atoms with Crippen LogP contribution in [0.2, 0.25) is 0 Å². The number of nitrogens with zero attached hydrogens (tertiary/aromatic N) is 3. The monoisotopic (exact) mass is 260 g/mol. The van der Waals surface area contributed by atoms with Crippen molar-refractivity contribution in [2.75, 3.05) is 12.4 Å². The highest BCUT2D eigenvalue weighted by molar-refractivity contribution is 6.01. The van der Waals surface area contributed by atoms with Gasteiger partial charge in [0.2, 0.25) is 5.91 Å². The molecule has 0 saturated heterocycles. The summed E-state index contributed by atoms with van der Waals surface area (Å²) in [6.45, 7) is 0.0233. The molecule has 19 heavy (non-hydrogen) atoms. The predicted molar refractivity (Wildman–Crippen MR) is 66.4 cm³/mol. The Kier molecular flexibility index (Phi) is 3.87. The van der Waals surface area contributed by atoms with Gasteiger partial charge in [0.05, 0.1) is 24.6 Å². The lowest BCUT2D eigenvalue weighted by atomic mass is 10.2. The van der Waals surface area contributed by atoms with Gasteiger partial charge in [-0.2, -0.15) is 0 Å². The smallest absolute Gasteiger partial charge is 0.339 e. The summed E-state index contributed by atoms with van der Waals surface area (Å²) in [5.41, 5.74) is 0.705. The highest BCUT2D eigenvalue weighted by Gasteiger charge is 2.13. The average Bonchev–Trinajstić information content (AvgIpc) is 2.91. The number of methoxy groups -OCH3 is 1. The van der Waals surface area contributed by atoms with Crippen LogP contribution in [0.3, 0.4) is 0 Å². The van der Waals surface area contributed by atoms with Crippen LogP contribution in [-0.2, 0) is 16.1 Å². The number of hydrogen-bond acceptors (Lipinski definition) is 5. The molecule has 1 amide bonds. The van der Waals surface area contributed by atoms with Gasteiger partial charge in [-0.15, -0.1) is 5.10 Å². The molecule has 0 aliphatic rings. The molecule has 1 aromatic carbocycles. The quantitative estimate of drug-likeness (QED) is 0.818. The number of anilines is 1. The fraction of sp³-hybridized carbons (Fsp3) is 0.167. The standard InChI is InChI=1S/C12H12N4O3/c1-19-12(18)9-4-2-3-5-10(9)14-11(17)8-16-7-6-13-15-16/h2-7H,8H2,1H3,(H,14,17). The number of para-hydroxylation sites is 1. The summed E-state index contributed by atoms with van der Waals surface area (Å²) in [5.74, 6) is -0.807. The molecule has 1 heterocycles. The van der Waals surface area contributed by atoms with Crippen LogP contribution in [0.5, 0.6) is 0 Å². The third kappa shape index (κ3) is 3.15. The molecule has 0 radical (unpaired) electrons. The molecule has 0 bridgehead atoms. The van der Waals surface area contributed by atoms with Gasteiger partial charge in [-0.25, -0.2) is 9.48 Å². The minimum Gasteiger partial charge on any atom is -0.465 e. The fourth-order valence-electron chi connectivity index (χ4n) is 1.53. The lowest BCUT2D eigenvalue weighted by molar-refractivity contribution is -0.116. The van der Waals surface area contributed by atoms with Crippen molar-refractivity contribution in [3.05, 3.63) is 42.2 Å². The van der Waals surface area contributed by atoms with E-state index in [0.717, 1.165) is 0 Å². The number of ether oxygens (including phenoxy) is 1. The lowest BCUT2D eigenvalue weighted by Gasteiger charge is -2.09. The van der Waals surface area contributed by atoms with Crippen molar-refractivity contribution < 1.29 is 14.3 Å². The van der Waals surface area contributed by atoms with Gasteiger partial charge in [-0.3, -0.25) is 4.79 Å². The van der Waals surface area contributed by atoms with Crippen molar-refractivity contribution in [2.45, 2.75) is 6.54 Å². The van der Waals surface area contributed by atoms with Gasteiger partial charge >= 0.3 is 5.97 Å². The number of esters is 1. The van der Waals surface area contributed by atoms with E-state index in [0.29, 0.717) is 11.3 Å². The molecule has 2 rings (SSSR count). The van der Waals surface area contributed by atoms with Crippen LogP contribution in [0.1, 0.15) is 10.4 Å². The largest absolute Gasteiger partial charge is 0.465 e. The van der Waals surface area contributed by atoms with E-state index in [1.807, 2.05) is 0 Å². The Morgan fingerprint density at radius 1 is 1.37 bits per heavy atom. The van der Waals surface area contributed by atoms with E-state index in [4.69, 9.17) is 0 Å². The number of carbonyl (C=O) groups is 2. The molecule has 0 atom stereocenters. The number of nitrogens with one attached hydrogen (secondary N) is 1. The van der Waals surface area contributed by atoms with Gasteiger partial charge in [0.15, 0.2) is 0 Å². The van der Waals surface area contributed by atoms with E-state index in [1.165, 1.54) is 18.0 Å². The molecule has 0 aliphatic heterocycles. The van der Waals surface area contributed by atoms with Gasteiger partial charge in [0.1, 0.15) is 6.54 Å². The topological polar surface area (TPSA) is 86.1 Å². The maximum Gasteiger partial charge on any atom is 0.339 e. The van der Waals surface area contributed by atoms with Gasteiger partial charge in [-0.05, 0) is 12.1 Å². The second kappa shape index (κ2) is 5.76. The molecule has 2 aromatic rings. The number of aromatic nitrogens is 3. The van der Waals surface area contributed by atoms with Crippen molar-refractivity contribution in [1.29, 1.82) is 0 Å². The van der Waals surface area contributed by atoms with Crippen molar-refractivity contribution in [3.8, 4) is 0 Å². The van der Waals surface area contributed by atoms with E-state index in [9.17, 15) is 9.59 Å². The molecular formula is C12H12N4O3. The third-order valence-electron chi connectivity index (χ3n) is 2.38. The first-order valence-electron chi connectivity index (χ1n) is 5.52. The highest BCUT2D eigenvalue weighted by Crippen LogP contribution is 2.15. The molecule has 0 saturated carbocycles. The number of amides is 1. The van der Waals surface area contributed by atoms with Crippen LogP contribution in [0.15, 0.2) is 36.7 Å². The zero-order valence-corrected chi connectivity index (χ0v) is 10.2.